The molecule has 0 aromatic carbocycles. The number of allylic oxidation sites excluding steroid dienone is 1. The van der Waals surface area contributed by atoms with Gasteiger partial charge in [0.15, 0.2) is 0 Å². The van der Waals surface area contributed by atoms with Crippen LogP contribution in [0.5, 0.6) is 0 Å². The summed E-state index contributed by atoms with van der Waals surface area (Å²) in [7, 11) is 0. The second-order valence-corrected chi connectivity index (χ2v) is 6.22. The third-order valence-corrected chi connectivity index (χ3v) is 4.16. The summed E-state index contributed by atoms with van der Waals surface area (Å²) in [6.45, 7) is 10.4. The SMILES string of the molecule is C=CCC1(C(=O)O)CCC(C(C)(C)C)CC1. The molecule has 16 heavy (non-hydrogen) atoms. The summed E-state index contributed by atoms with van der Waals surface area (Å²) in [4.78, 5) is 11.4. The van der Waals surface area contributed by atoms with Gasteiger partial charge in [0.2, 0.25) is 0 Å². The van der Waals surface area contributed by atoms with E-state index in [-0.39, 0.29) is 0 Å². The van der Waals surface area contributed by atoms with Crippen LogP contribution in [0.25, 0.3) is 0 Å². The Kier molecular flexibility index (Phi) is 3.82. The van der Waals surface area contributed by atoms with Crippen LogP contribution in [0, 0.1) is 16.7 Å². The molecule has 0 atom stereocenters. The zero-order valence-electron chi connectivity index (χ0n) is 10.8. The van der Waals surface area contributed by atoms with Gasteiger partial charge >= 0.3 is 5.97 Å². The molecule has 0 amide bonds. The van der Waals surface area contributed by atoms with E-state index in [9.17, 15) is 9.90 Å². The van der Waals surface area contributed by atoms with Crippen LogP contribution in [0.15, 0.2) is 12.7 Å². The average molecular weight is 224 g/mol. The van der Waals surface area contributed by atoms with E-state index < -0.39 is 11.4 Å². The van der Waals surface area contributed by atoms with E-state index in [0.29, 0.717) is 17.8 Å². The zero-order valence-corrected chi connectivity index (χ0v) is 10.8. The van der Waals surface area contributed by atoms with E-state index in [4.69, 9.17) is 0 Å². The molecule has 0 spiro atoms. The van der Waals surface area contributed by atoms with Gasteiger partial charge < -0.3 is 5.11 Å². The molecule has 1 rings (SSSR count). The molecule has 1 aliphatic carbocycles. The van der Waals surface area contributed by atoms with Gasteiger partial charge in [-0.2, -0.15) is 0 Å². The predicted octanol–water partition coefficient (Wildman–Crippen LogP) is 3.87. The molecule has 92 valence electrons. The molecule has 0 bridgehead atoms. The third kappa shape index (κ3) is 2.66. The molecule has 0 aliphatic heterocycles. The van der Waals surface area contributed by atoms with Crippen molar-refractivity contribution >= 4 is 5.97 Å². The van der Waals surface area contributed by atoms with Crippen molar-refractivity contribution in [3.63, 3.8) is 0 Å². The van der Waals surface area contributed by atoms with E-state index in [0.717, 1.165) is 25.7 Å². The summed E-state index contributed by atoms with van der Waals surface area (Å²) in [6.07, 6.45) is 6.03. The molecule has 2 nitrogen and oxygen atoms in total. The largest absolute Gasteiger partial charge is 0.481 e. The van der Waals surface area contributed by atoms with Crippen LogP contribution in [-0.4, -0.2) is 11.1 Å². The molecule has 1 fully saturated rings. The first kappa shape index (κ1) is 13.3. The van der Waals surface area contributed by atoms with Gasteiger partial charge in [-0.25, -0.2) is 0 Å². The molecule has 0 heterocycles. The topological polar surface area (TPSA) is 37.3 Å². The molecule has 1 N–H and O–H groups in total. The number of aliphatic carboxylic acids is 1. The zero-order chi connectivity index (χ0) is 12.4. The Hall–Kier alpha value is -0.790. The lowest BCUT2D eigenvalue weighted by Gasteiger charge is -2.41. The fraction of sp³-hybridized carbons (Fsp3) is 0.786. The number of carboxylic acids is 1. The molecule has 0 aromatic rings. The quantitative estimate of drug-likeness (QED) is 0.739. The van der Waals surface area contributed by atoms with Gasteiger partial charge in [0.1, 0.15) is 0 Å². The van der Waals surface area contributed by atoms with Gasteiger partial charge in [0, 0.05) is 0 Å². The first-order valence-electron chi connectivity index (χ1n) is 6.16. The Bertz CT molecular complexity index is 265. The van der Waals surface area contributed by atoms with Crippen LogP contribution < -0.4 is 0 Å². The normalized spacial score (nSPS) is 31.1. The molecular weight excluding hydrogens is 200 g/mol. The molecule has 0 saturated heterocycles. The molecule has 1 aliphatic rings. The highest BCUT2D eigenvalue weighted by molar-refractivity contribution is 5.75. The van der Waals surface area contributed by atoms with Crippen molar-refractivity contribution in [2.45, 2.75) is 52.9 Å². The summed E-state index contributed by atoms with van der Waals surface area (Å²) in [5.74, 6) is 0.0181. The molecule has 0 unspecified atom stereocenters. The van der Waals surface area contributed by atoms with Gasteiger partial charge in [-0.1, -0.05) is 26.8 Å². The predicted molar refractivity (Wildman–Crippen MR) is 66.3 cm³/mol. The lowest BCUT2D eigenvalue weighted by Crippen LogP contribution is -2.37. The maximum absolute atomic E-state index is 11.4. The highest BCUT2D eigenvalue weighted by Gasteiger charge is 2.42. The van der Waals surface area contributed by atoms with E-state index in [1.54, 1.807) is 6.08 Å². The third-order valence-electron chi connectivity index (χ3n) is 4.16. The Labute approximate surface area is 98.7 Å². The smallest absolute Gasteiger partial charge is 0.309 e. The van der Waals surface area contributed by atoms with Gasteiger partial charge in [0.25, 0.3) is 0 Å². The fourth-order valence-corrected chi connectivity index (χ4v) is 2.82. The second kappa shape index (κ2) is 4.60. The lowest BCUT2D eigenvalue weighted by molar-refractivity contribution is -0.152. The number of carbonyl (C=O) groups is 1. The van der Waals surface area contributed by atoms with Crippen LogP contribution in [0.2, 0.25) is 0 Å². The van der Waals surface area contributed by atoms with Crippen molar-refractivity contribution in [3.05, 3.63) is 12.7 Å². The van der Waals surface area contributed by atoms with Gasteiger partial charge in [0.05, 0.1) is 5.41 Å². The van der Waals surface area contributed by atoms with Gasteiger partial charge in [-0.05, 0) is 43.4 Å². The highest BCUT2D eigenvalue weighted by atomic mass is 16.4. The Balaban J connectivity index is 2.70. The van der Waals surface area contributed by atoms with Crippen molar-refractivity contribution in [2.24, 2.45) is 16.7 Å². The summed E-state index contributed by atoms with van der Waals surface area (Å²) in [6, 6.07) is 0. The number of carboxylic acid groups (broad SMARTS) is 1. The Morgan fingerprint density at radius 2 is 1.94 bits per heavy atom. The van der Waals surface area contributed by atoms with Crippen molar-refractivity contribution in [1.82, 2.24) is 0 Å². The lowest BCUT2D eigenvalue weighted by atomic mass is 9.63. The van der Waals surface area contributed by atoms with E-state index >= 15 is 0 Å². The Morgan fingerprint density at radius 1 is 1.44 bits per heavy atom. The summed E-state index contributed by atoms with van der Waals surface area (Å²) >= 11 is 0. The van der Waals surface area contributed by atoms with Crippen LogP contribution in [0.4, 0.5) is 0 Å². The number of hydrogen-bond donors (Lipinski definition) is 1. The minimum absolute atomic E-state index is 0.304. The molecular formula is C14H24O2. The van der Waals surface area contributed by atoms with Crippen molar-refractivity contribution in [3.8, 4) is 0 Å². The van der Waals surface area contributed by atoms with Crippen LogP contribution in [0.3, 0.4) is 0 Å². The maximum atomic E-state index is 11.4. The van der Waals surface area contributed by atoms with Crippen LogP contribution in [-0.2, 0) is 4.79 Å². The average Bonchev–Trinajstić information content (AvgIpc) is 2.17. The van der Waals surface area contributed by atoms with Crippen molar-refractivity contribution < 1.29 is 9.90 Å². The van der Waals surface area contributed by atoms with E-state index in [1.807, 2.05) is 0 Å². The minimum Gasteiger partial charge on any atom is -0.481 e. The molecule has 1 saturated carbocycles. The molecule has 0 radical (unpaired) electrons. The number of hydrogen-bond acceptors (Lipinski definition) is 1. The molecule has 0 aromatic heterocycles. The fourth-order valence-electron chi connectivity index (χ4n) is 2.82. The van der Waals surface area contributed by atoms with E-state index in [1.165, 1.54) is 0 Å². The maximum Gasteiger partial charge on any atom is 0.309 e. The van der Waals surface area contributed by atoms with Crippen LogP contribution in [0.1, 0.15) is 52.9 Å². The highest BCUT2D eigenvalue weighted by Crippen LogP contribution is 2.47. The summed E-state index contributed by atoms with van der Waals surface area (Å²) in [5, 5.41) is 9.36. The Morgan fingerprint density at radius 3 is 2.25 bits per heavy atom. The standard InChI is InChI=1S/C14H24O2/c1-5-8-14(12(15)16)9-6-11(7-10-14)13(2,3)4/h5,11H,1,6-10H2,2-4H3,(H,15,16). The van der Waals surface area contributed by atoms with E-state index in [2.05, 4.69) is 27.4 Å². The van der Waals surface area contributed by atoms with Gasteiger partial charge in [-0.3, -0.25) is 4.79 Å². The minimum atomic E-state index is -0.639. The van der Waals surface area contributed by atoms with Crippen molar-refractivity contribution in [1.29, 1.82) is 0 Å². The molecule has 2 heteroatoms. The summed E-state index contributed by atoms with van der Waals surface area (Å²) in [5.41, 5.74) is -0.220. The van der Waals surface area contributed by atoms with Crippen molar-refractivity contribution in [2.75, 3.05) is 0 Å². The first-order valence-corrected chi connectivity index (χ1v) is 6.16. The van der Waals surface area contributed by atoms with Crippen LogP contribution >= 0.6 is 0 Å². The number of rotatable bonds is 3. The van der Waals surface area contributed by atoms with Gasteiger partial charge in [-0.15, -0.1) is 6.58 Å². The second-order valence-electron chi connectivity index (χ2n) is 6.22. The monoisotopic (exact) mass is 224 g/mol. The first-order chi connectivity index (χ1) is 7.32. The summed E-state index contributed by atoms with van der Waals surface area (Å²) < 4.78 is 0.